The third kappa shape index (κ3) is 4.20. The van der Waals surface area contributed by atoms with Crippen LogP contribution in [0.15, 0.2) is 53.4 Å². The second-order valence-corrected chi connectivity index (χ2v) is 4.81. The van der Waals surface area contributed by atoms with Gasteiger partial charge >= 0.3 is 0 Å². The normalized spacial score (nSPS) is 10.3. The highest BCUT2D eigenvalue weighted by molar-refractivity contribution is 7.99. The Bertz CT molecular complexity index is 520. The first-order chi connectivity index (χ1) is 8.70. The van der Waals surface area contributed by atoms with Crippen LogP contribution in [0.25, 0.3) is 11.1 Å². The molecule has 0 heterocycles. The van der Waals surface area contributed by atoms with Crippen LogP contribution in [-0.2, 0) is 6.54 Å². The summed E-state index contributed by atoms with van der Waals surface area (Å²) in [5, 5.41) is 0. The lowest BCUT2D eigenvalue weighted by Crippen LogP contribution is -1.97. The molecule has 0 atom stereocenters. The van der Waals surface area contributed by atoms with Gasteiger partial charge in [0.2, 0.25) is 0 Å². The molecule has 5 heteroatoms. The van der Waals surface area contributed by atoms with Gasteiger partial charge in [0.1, 0.15) is 0 Å². The summed E-state index contributed by atoms with van der Waals surface area (Å²) in [4.78, 5) is 0.569. The van der Waals surface area contributed by atoms with Crippen LogP contribution in [0.3, 0.4) is 0 Å². The molecule has 0 radical (unpaired) electrons. The monoisotopic (exact) mass is 301 g/mol. The van der Waals surface area contributed by atoms with Crippen molar-refractivity contribution >= 4 is 24.2 Å². The molecule has 0 bridgehead atoms. The zero-order chi connectivity index (χ0) is 13.0. The summed E-state index contributed by atoms with van der Waals surface area (Å²) in [6, 6.07) is 15.0. The van der Waals surface area contributed by atoms with Gasteiger partial charge in [0.05, 0.1) is 0 Å². The SMILES string of the molecule is Cl.NCc1ccc(-c2ccccc2)c(SC(F)F)c1. The van der Waals surface area contributed by atoms with Crippen LogP contribution in [-0.4, -0.2) is 5.76 Å². The Morgan fingerprint density at radius 2 is 1.74 bits per heavy atom. The highest BCUT2D eigenvalue weighted by Gasteiger charge is 2.11. The van der Waals surface area contributed by atoms with Gasteiger partial charge in [-0.2, -0.15) is 8.78 Å². The van der Waals surface area contributed by atoms with Crippen LogP contribution >= 0.6 is 24.2 Å². The van der Waals surface area contributed by atoms with E-state index in [0.29, 0.717) is 23.2 Å². The molecule has 19 heavy (non-hydrogen) atoms. The summed E-state index contributed by atoms with van der Waals surface area (Å²) >= 11 is 0.561. The van der Waals surface area contributed by atoms with Crippen molar-refractivity contribution in [3.8, 4) is 11.1 Å². The Kier molecular flexibility index (Phi) is 6.28. The Balaban J connectivity index is 0.00000180. The maximum atomic E-state index is 12.6. The largest absolute Gasteiger partial charge is 0.326 e. The van der Waals surface area contributed by atoms with Crippen molar-refractivity contribution in [1.29, 1.82) is 0 Å². The molecule has 2 N–H and O–H groups in total. The maximum absolute atomic E-state index is 12.6. The van der Waals surface area contributed by atoms with E-state index in [0.717, 1.165) is 16.7 Å². The lowest BCUT2D eigenvalue weighted by atomic mass is 10.0. The average molecular weight is 302 g/mol. The van der Waals surface area contributed by atoms with Crippen LogP contribution in [0, 0.1) is 0 Å². The summed E-state index contributed by atoms with van der Waals surface area (Å²) in [5.41, 5.74) is 8.15. The third-order valence-electron chi connectivity index (χ3n) is 2.58. The molecule has 0 saturated carbocycles. The molecule has 0 aromatic heterocycles. The van der Waals surface area contributed by atoms with E-state index in [1.165, 1.54) is 0 Å². The van der Waals surface area contributed by atoms with E-state index in [-0.39, 0.29) is 12.4 Å². The summed E-state index contributed by atoms with van der Waals surface area (Å²) in [7, 11) is 0. The zero-order valence-electron chi connectivity index (χ0n) is 10.1. The Morgan fingerprint density at radius 3 is 2.32 bits per heavy atom. The van der Waals surface area contributed by atoms with Gasteiger partial charge < -0.3 is 5.73 Å². The van der Waals surface area contributed by atoms with Crippen molar-refractivity contribution in [3.05, 3.63) is 54.1 Å². The Labute approximate surface area is 121 Å². The van der Waals surface area contributed by atoms with E-state index in [9.17, 15) is 8.78 Å². The molecule has 2 aromatic carbocycles. The van der Waals surface area contributed by atoms with E-state index >= 15 is 0 Å². The Hall–Kier alpha value is -1.10. The minimum absolute atomic E-state index is 0. The number of halogens is 3. The van der Waals surface area contributed by atoms with Crippen LogP contribution < -0.4 is 5.73 Å². The van der Waals surface area contributed by atoms with Crippen molar-refractivity contribution in [2.45, 2.75) is 17.2 Å². The first-order valence-electron chi connectivity index (χ1n) is 5.54. The number of hydrogen-bond donors (Lipinski definition) is 1. The first-order valence-corrected chi connectivity index (χ1v) is 6.42. The van der Waals surface area contributed by atoms with Crippen LogP contribution in [0.1, 0.15) is 5.56 Å². The summed E-state index contributed by atoms with van der Waals surface area (Å²) in [6.45, 7) is 0.353. The Morgan fingerprint density at radius 1 is 1.05 bits per heavy atom. The van der Waals surface area contributed by atoms with Crippen molar-refractivity contribution in [3.63, 3.8) is 0 Å². The fraction of sp³-hybridized carbons (Fsp3) is 0.143. The summed E-state index contributed by atoms with van der Waals surface area (Å²) < 4.78 is 25.2. The zero-order valence-corrected chi connectivity index (χ0v) is 11.7. The van der Waals surface area contributed by atoms with Gasteiger partial charge in [-0.25, -0.2) is 0 Å². The number of benzene rings is 2. The predicted molar refractivity (Wildman–Crippen MR) is 78.9 cm³/mol. The molecule has 0 aliphatic heterocycles. The summed E-state index contributed by atoms with van der Waals surface area (Å²) in [6.07, 6.45) is 0. The molecule has 2 aromatic rings. The van der Waals surface area contributed by atoms with Crippen LogP contribution in [0.5, 0.6) is 0 Å². The van der Waals surface area contributed by atoms with Crippen molar-refractivity contribution in [2.24, 2.45) is 5.73 Å². The molecular weight excluding hydrogens is 288 g/mol. The molecule has 0 aliphatic rings. The fourth-order valence-electron chi connectivity index (χ4n) is 1.74. The molecule has 2 rings (SSSR count). The highest BCUT2D eigenvalue weighted by atomic mass is 35.5. The average Bonchev–Trinajstić information content (AvgIpc) is 2.39. The van der Waals surface area contributed by atoms with Crippen molar-refractivity contribution in [1.82, 2.24) is 0 Å². The third-order valence-corrected chi connectivity index (χ3v) is 3.35. The highest BCUT2D eigenvalue weighted by Crippen LogP contribution is 2.35. The summed E-state index contributed by atoms with van der Waals surface area (Å²) in [5.74, 6) is -2.43. The number of rotatable bonds is 4. The number of nitrogens with two attached hydrogens (primary N) is 1. The number of alkyl halides is 2. The van der Waals surface area contributed by atoms with E-state index in [4.69, 9.17) is 5.73 Å². The van der Waals surface area contributed by atoms with E-state index in [1.807, 2.05) is 42.5 Å². The number of thioether (sulfide) groups is 1. The van der Waals surface area contributed by atoms with E-state index < -0.39 is 5.76 Å². The molecule has 0 fully saturated rings. The molecule has 0 unspecified atom stereocenters. The van der Waals surface area contributed by atoms with Crippen LogP contribution in [0.2, 0.25) is 0 Å². The quantitative estimate of drug-likeness (QED) is 0.839. The van der Waals surface area contributed by atoms with Gasteiger partial charge in [-0.05, 0) is 22.8 Å². The second kappa shape index (κ2) is 7.48. The molecular formula is C14H14ClF2NS. The van der Waals surface area contributed by atoms with E-state index in [2.05, 4.69) is 0 Å². The minimum atomic E-state index is -2.43. The molecule has 102 valence electrons. The van der Waals surface area contributed by atoms with Crippen molar-refractivity contribution in [2.75, 3.05) is 0 Å². The smallest absolute Gasteiger partial charge is 0.288 e. The maximum Gasteiger partial charge on any atom is 0.288 e. The van der Waals surface area contributed by atoms with Crippen molar-refractivity contribution < 1.29 is 8.78 Å². The van der Waals surface area contributed by atoms with Crippen LogP contribution in [0.4, 0.5) is 8.78 Å². The van der Waals surface area contributed by atoms with Gasteiger partial charge in [-0.15, -0.1) is 12.4 Å². The lowest BCUT2D eigenvalue weighted by Gasteiger charge is -2.10. The van der Waals surface area contributed by atoms with Gasteiger partial charge in [0, 0.05) is 11.4 Å². The van der Waals surface area contributed by atoms with Gasteiger partial charge in [-0.1, -0.05) is 54.2 Å². The molecule has 0 amide bonds. The second-order valence-electron chi connectivity index (χ2n) is 3.78. The fourth-order valence-corrected chi connectivity index (χ4v) is 2.47. The molecule has 0 aliphatic carbocycles. The first kappa shape index (κ1) is 16.0. The molecule has 1 nitrogen and oxygen atoms in total. The minimum Gasteiger partial charge on any atom is -0.326 e. The molecule has 0 saturated heterocycles. The van der Waals surface area contributed by atoms with Gasteiger partial charge in [0.15, 0.2) is 0 Å². The lowest BCUT2D eigenvalue weighted by molar-refractivity contribution is 0.252. The molecule has 0 spiro atoms. The van der Waals surface area contributed by atoms with E-state index in [1.54, 1.807) is 6.07 Å². The van der Waals surface area contributed by atoms with Gasteiger partial charge in [-0.3, -0.25) is 0 Å². The number of hydrogen-bond acceptors (Lipinski definition) is 2. The standard InChI is InChI=1S/C14H13F2NS.ClH/c15-14(16)18-13-8-10(9-17)6-7-12(13)11-4-2-1-3-5-11;/h1-8,14H,9,17H2;1H. The topological polar surface area (TPSA) is 26.0 Å². The predicted octanol–water partition coefficient (Wildman–Crippen LogP) is 4.55. The van der Waals surface area contributed by atoms with Gasteiger partial charge in [0.25, 0.3) is 5.76 Å².